The van der Waals surface area contributed by atoms with Crippen LogP contribution in [0.5, 0.6) is 0 Å². The number of benzene rings is 1. The first-order chi connectivity index (χ1) is 7.92. The fraction of sp³-hybridized carbons (Fsp3) is 0.200. The van der Waals surface area contributed by atoms with Crippen LogP contribution < -0.4 is 9.83 Å². The fourth-order valence-electron chi connectivity index (χ4n) is 1.48. The molecule has 0 bridgehead atoms. The number of carbonyl (C=O) groups is 1. The Labute approximate surface area is 98.0 Å². The van der Waals surface area contributed by atoms with Crippen LogP contribution in [0.25, 0.3) is 0 Å². The third kappa shape index (κ3) is 2.01. The molecule has 1 aliphatic rings. The van der Waals surface area contributed by atoms with E-state index in [0.717, 1.165) is 0 Å². The van der Waals surface area contributed by atoms with Gasteiger partial charge in [0.2, 0.25) is 0 Å². The summed E-state index contributed by atoms with van der Waals surface area (Å²) in [4.78, 5) is 14.4. The minimum atomic E-state index is -3.62. The van der Waals surface area contributed by atoms with Crippen LogP contribution in [0.3, 0.4) is 0 Å². The number of hydrogen-bond acceptors (Lipinski definition) is 5. The largest absolute Gasteiger partial charge is 0.548 e. The smallest absolute Gasteiger partial charge is 0.263 e. The first kappa shape index (κ1) is 11.6. The molecule has 0 saturated carbocycles. The summed E-state index contributed by atoms with van der Waals surface area (Å²) in [6.07, 6.45) is 0. The molecular formula is C10H9N2O4S-. The summed E-state index contributed by atoms with van der Waals surface area (Å²) < 4.78 is 25.5. The maximum atomic E-state index is 11.7. The van der Waals surface area contributed by atoms with Gasteiger partial charge in [0.25, 0.3) is 10.0 Å². The third-order valence-corrected chi connectivity index (χ3v) is 3.72. The van der Waals surface area contributed by atoms with E-state index in [1.54, 1.807) is 18.2 Å². The Kier molecular flexibility index (Phi) is 2.62. The minimum absolute atomic E-state index is 0.0392. The number of fused-ring (bicyclic) bond motifs is 1. The number of aliphatic imine (C=N–C) groups is 1. The van der Waals surface area contributed by atoms with E-state index in [1.165, 1.54) is 13.0 Å². The van der Waals surface area contributed by atoms with Crippen LogP contribution >= 0.6 is 0 Å². The molecule has 0 saturated heterocycles. The van der Waals surface area contributed by atoms with E-state index in [-0.39, 0.29) is 10.7 Å². The number of nitrogens with zero attached hydrogens (tertiary/aromatic N) is 1. The Hall–Kier alpha value is -1.89. The van der Waals surface area contributed by atoms with E-state index in [2.05, 4.69) is 9.71 Å². The van der Waals surface area contributed by atoms with Gasteiger partial charge in [0.05, 0.1) is 16.9 Å². The van der Waals surface area contributed by atoms with Gasteiger partial charge >= 0.3 is 0 Å². The Morgan fingerprint density at radius 2 is 2.06 bits per heavy atom. The van der Waals surface area contributed by atoms with E-state index >= 15 is 0 Å². The molecule has 1 aliphatic heterocycles. The highest BCUT2D eigenvalue weighted by Gasteiger charge is 2.30. The number of hydrogen-bond donors (Lipinski definition) is 1. The second-order valence-corrected chi connectivity index (χ2v) is 5.23. The lowest BCUT2D eigenvalue weighted by molar-refractivity contribution is -0.306. The summed E-state index contributed by atoms with van der Waals surface area (Å²) in [7, 11) is -3.62. The summed E-state index contributed by atoms with van der Waals surface area (Å²) in [5, 5.41) is 10.6. The van der Waals surface area contributed by atoms with Crippen molar-refractivity contribution in [2.75, 3.05) is 0 Å². The molecule has 17 heavy (non-hydrogen) atoms. The van der Waals surface area contributed by atoms with E-state index in [4.69, 9.17) is 0 Å². The molecule has 7 heteroatoms. The van der Waals surface area contributed by atoms with Crippen molar-refractivity contribution < 1.29 is 18.3 Å². The lowest BCUT2D eigenvalue weighted by Crippen LogP contribution is -2.34. The number of carboxylic acid groups (broad SMARTS) is 1. The highest BCUT2D eigenvalue weighted by atomic mass is 32.2. The van der Waals surface area contributed by atoms with Crippen LogP contribution in [-0.2, 0) is 14.8 Å². The zero-order valence-corrected chi connectivity index (χ0v) is 9.69. The molecule has 0 unspecified atom stereocenters. The minimum Gasteiger partial charge on any atom is -0.548 e. The molecule has 0 aromatic heterocycles. The third-order valence-electron chi connectivity index (χ3n) is 2.33. The summed E-state index contributed by atoms with van der Waals surface area (Å²) in [5.41, 5.74) is 0.376. The van der Waals surface area contributed by atoms with Crippen LogP contribution in [0.4, 0.5) is 0 Å². The summed E-state index contributed by atoms with van der Waals surface area (Å²) in [5.74, 6) is -1.32. The van der Waals surface area contributed by atoms with Gasteiger partial charge < -0.3 is 9.90 Å². The van der Waals surface area contributed by atoms with E-state index in [1.807, 2.05) is 0 Å². The second-order valence-electron chi connectivity index (χ2n) is 3.57. The molecule has 1 aromatic carbocycles. The zero-order chi connectivity index (χ0) is 12.6. The lowest BCUT2D eigenvalue weighted by atomic mass is 10.2. The number of carbonyl (C=O) groups excluding carboxylic acids is 1. The number of carboxylic acids is 1. The highest BCUT2D eigenvalue weighted by Crippen LogP contribution is 2.22. The number of amidine groups is 1. The maximum absolute atomic E-state index is 11.7. The predicted molar refractivity (Wildman–Crippen MR) is 57.8 cm³/mol. The normalized spacial score (nSPS) is 20.6. The number of aliphatic carboxylic acids is 1. The van der Waals surface area contributed by atoms with Crippen molar-refractivity contribution in [1.29, 1.82) is 0 Å². The average Bonchev–Trinajstić information content (AvgIpc) is 2.51. The van der Waals surface area contributed by atoms with Crippen molar-refractivity contribution in [3.05, 3.63) is 29.8 Å². The monoisotopic (exact) mass is 253 g/mol. The van der Waals surface area contributed by atoms with Gasteiger partial charge in [-0.1, -0.05) is 12.1 Å². The van der Waals surface area contributed by atoms with Gasteiger partial charge in [-0.3, -0.25) is 9.71 Å². The quantitative estimate of drug-likeness (QED) is 0.720. The molecule has 0 fully saturated rings. The van der Waals surface area contributed by atoms with Gasteiger partial charge in [0.1, 0.15) is 5.84 Å². The van der Waals surface area contributed by atoms with Gasteiger partial charge in [-0.25, -0.2) is 8.42 Å². The molecule has 1 heterocycles. The zero-order valence-electron chi connectivity index (χ0n) is 8.88. The first-order valence-corrected chi connectivity index (χ1v) is 6.31. The van der Waals surface area contributed by atoms with Crippen LogP contribution in [0.15, 0.2) is 34.2 Å². The number of nitrogens with one attached hydrogen (secondary N) is 1. The molecule has 6 nitrogen and oxygen atoms in total. The summed E-state index contributed by atoms with van der Waals surface area (Å²) in [6.45, 7) is 1.32. The van der Waals surface area contributed by atoms with Crippen LogP contribution in [0.1, 0.15) is 12.5 Å². The van der Waals surface area contributed by atoms with Gasteiger partial charge in [-0.15, -0.1) is 0 Å². The fourth-order valence-corrected chi connectivity index (χ4v) is 2.72. The highest BCUT2D eigenvalue weighted by molar-refractivity contribution is 7.90. The second kappa shape index (κ2) is 3.85. The van der Waals surface area contributed by atoms with Crippen molar-refractivity contribution in [3.63, 3.8) is 0 Å². The Morgan fingerprint density at radius 1 is 1.41 bits per heavy atom. The summed E-state index contributed by atoms with van der Waals surface area (Å²) >= 11 is 0. The Morgan fingerprint density at radius 3 is 2.71 bits per heavy atom. The van der Waals surface area contributed by atoms with Crippen molar-refractivity contribution >= 4 is 21.8 Å². The van der Waals surface area contributed by atoms with Crippen molar-refractivity contribution in [1.82, 2.24) is 4.72 Å². The topological polar surface area (TPSA) is 98.7 Å². The van der Waals surface area contributed by atoms with Gasteiger partial charge in [0, 0.05) is 5.56 Å². The predicted octanol–water partition coefficient (Wildman–Crippen LogP) is -1.14. The van der Waals surface area contributed by atoms with Gasteiger partial charge in [-0.2, -0.15) is 0 Å². The van der Waals surface area contributed by atoms with Crippen molar-refractivity contribution in [2.24, 2.45) is 4.99 Å². The maximum Gasteiger partial charge on any atom is 0.263 e. The van der Waals surface area contributed by atoms with E-state index in [0.29, 0.717) is 5.56 Å². The first-order valence-electron chi connectivity index (χ1n) is 4.83. The van der Waals surface area contributed by atoms with Crippen LogP contribution in [0.2, 0.25) is 0 Å². The number of rotatable bonds is 2. The van der Waals surface area contributed by atoms with E-state index < -0.39 is 22.0 Å². The molecule has 0 amide bonds. The SMILES string of the molecule is C[C@@H](N=C1NS(=O)(=O)c2ccccc21)C(=O)[O-]. The molecule has 0 spiro atoms. The van der Waals surface area contributed by atoms with Gasteiger partial charge in [0.15, 0.2) is 0 Å². The molecule has 0 aliphatic carbocycles. The molecular weight excluding hydrogens is 244 g/mol. The Balaban J connectivity index is 2.53. The van der Waals surface area contributed by atoms with Crippen LogP contribution in [0, 0.1) is 0 Å². The summed E-state index contributed by atoms with van der Waals surface area (Å²) in [6, 6.07) is 5.13. The standard InChI is InChI=1S/C10H10N2O4S/c1-6(10(13)14)11-9-7-4-2-3-5-8(7)17(15,16)12-9/h2-6H,1H3,(H,11,12)(H,13,14)/p-1/t6-/m1/s1. The molecule has 2 rings (SSSR count). The van der Waals surface area contributed by atoms with Crippen molar-refractivity contribution in [3.8, 4) is 0 Å². The molecule has 0 radical (unpaired) electrons. The lowest BCUT2D eigenvalue weighted by Gasteiger charge is -2.08. The molecule has 90 valence electrons. The van der Waals surface area contributed by atoms with Crippen molar-refractivity contribution in [2.45, 2.75) is 17.9 Å². The molecule has 1 aromatic rings. The van der Waals surface area contributed by atoms with E-state index in [9.17, 15) is 18.3 Å². The average molecular weight is 253 g/mol. The molecule has 1 atom stereocenters. The van der Waals surface area contributed by atoms with Gasteiger partial charge in [-0.05, 0) is 19.1 Å². The Bertz CT molecular complexity index is 606. The van der Waals surface area contributed by atoms with Crippen LogP contribution in [-0.4, -0.2) is 26.3 Å². The number of sulfonamides is 1. The molecule has 1 N–H and O–H groups in total.